The minimum atomic E-state index is -0.247. The fourth-order valence-corrected chi connectivity index (χ4v) is 4.26. The van der Waals surface area contributed by atoms with E-state index < -0.39 is 0 Å². The molecule has 3 aromatic rings. The molecule has 1 aliphatic heterocycles. The number of hydrogen-bond donors (Lipinski definition) is 2. The second-order valence-electron chi connectivity index (χ2n) is 8.60. The molecule has 0 spiro atoms. The summed E-state index contributed by atoms with van der Waals surface area (Å²) >= 11 is 0. The summed E-state index contributed by atoms with van der Waals surface area (Å²) in [4.78, 5) is 25.0. The van der Waals surface area contributed by atoms with Gasteiger partial charge in [-0.2, -0.15) is 0 Å². The Morgan fingerprint density at radius 2 is 1.97 bits per heavy atom. The topological polar surface area (TPSA) is 87.4 Å². The Morgan fingerprint density at radius 1 is 1.15 bits per heavy atom. The molecular weight excluding hydrogens is 431 g/mol. The number of piperidine rings is 1. The maximum atomic E-state index is 13.6. The summed E-state index contributed by atoms with van der Waals surface area (Å²) in [6, 6.07) is 14.3. The van der Waals surface area contributed by atoms with Gasteiger partial charge >= 0.3 is 0 Å². The lowest BCUT2D eigenvalue weighted by atomic mass is 9.97. The van der Waals surface area contributed by atoms with E-state index in [1.54, 1.807) is 23.4 Å². The number of pyridine rings is 2. The molecule has 7 nitrogen and oxygen atoms in total. The number of nitrogens with two attached hydrogens (primary N) is 1. The van der Waals surface area contributed by atoms with Crippen molar-refractivity contribution in [2.45, 2.75) is 25.8 Å². The van der Waals surface area contributed by atoms with Crippen LogP contribution in [0.1, 0.15) is 24.0 Å². The van der Waals surface area contributed by atoms with Crippen LogP contribution in [0.5, 0.6) is 0 Å². The van der Waals surface area contributed by atoms with Crippen molar-refractivity contribution in [2.75, 3.05) is 41.3 Å². The van der Waals surface area contributed by atoms with E-state index in [9.17, 15) is 9.18 Å². The van der Waals surface area contributed by atoms with Crippen molar-refractivity contribution in [3.05, 3.63) is 77.9 Å². The lowest BCUT2D eigenvalue weighted by Gasteiger charge is -2.33. The summed E-state index contributed by atoms with van der Waals surface area (Å²) in [7, 11) is 0. The number of carbonyl (C=O) groups excluding carboxylic acids is 1. The van der Waals surface area contributed by atoms with Crippen LogP contribution < -0.4 is 20.9 Å². The molecule has 3 N–H and O–H groups in total. The van der Waals surface area contributed by atoms with Gasteiger partial charge < -0.3 is 20.9 Å². The van der Waals surface area contributed by atoms with Crippen LogP contribution in [0.15, 0.2) is 60.9 Å². The molecule has 0 bridgehead atoms. The summed E-state index contributed by atoms with van der Waals surface area (Å²) in [5.41, 5.74) is 8.36. The van der Waals surface area contributed by atoms with E-state index in [1.807, 2.05) is 30.3 Å². The third kappa shape index (κ3) is 6.08. The molecular formula is C26H31FN6O. The molecule has 8 heteroatoms. The highest BCUT2D eigenvalue weighted by atomic mass is 19.1. The van der Waals surface area contributed by atoms with E-state index in [0.29, 0.717) is 36.9 Å². The summed E-state index contributed by atoms with van der Waals surface area (Å²) in [6.07, 6.45) is 6.99. The Balaban J connectivity index is 1.55. The summed E-state index contributed by atoms with van der Waals surface area (Å²) in [5.74, 6) is 1.82. The smallest absolute Gasteiger partial charge is 0.214 e. The first-order valence-corrected chi connectivity index (χ1v) is 11.7. The van der Waals surface area contributed by atoms with Crippen LogP contribution >= 0.6 is 0 Å². The first-order valence-electron chi connectivity index (χ1n) is 11.7. The van der Waals surface area contributed by atoms with Gasteiger partial charge in [0.25, 0.3) is 0 Å². The minimum absolute atomic E-state index is 0.247. The molecule has 0 saturated carbocycles. The van der Waals surface area contributed by atoms with E-state index in [0.717, 1.165) is 55.8 Å². The molecule has 34 heavy (non-hydrogen) atoms. The number of anilines is 3. The molecule has 1 saturated heterocycles. The van der Waals surface area contributed by atoms with Crippen LogP contribution in [0.25, 0.3) is 0 Å². The summed E-state index contributed by atoms with van der Waals surface area (Å²) in [6.45, 7) is 3.48. The number of benzene rings is 1. The number of halogens is 1. The predicted molar refractivity (Wildman–Crippen MR) is 133 cm³/mol. The van der Waals surface area contributed by atoms with E-state index in [4.69, 9.17) is 10.7 Å². The molecule has 3 heterocycles. The molecule has 1 aromatic carbocycles. The Morgan fingerprint density at radius 3 is 2.68 bits per heavy atom. The molecule has 1 amide bonds. The standard InChI is InChI=1S/C26H31FN6O/c27-23-5-1-3-20(15-23)8-12-30-26-24(33(19-34)18-22-4-2-11-29-17-22)6-7-25(31-26)32-13-9-21(16-28)10-14-32/h1-7,11,15,17,19,21H,8-10,12-14,16,18,28H2,(H,30,31). The van der Waals surface area contributed by atoms with Gasteiger partial charge in [0.1, 0.15) is 11.6 Å². The molecule has 0 atom stereocenters. The normalized spacial score (nSPS) is 14.1. The third-order valence-corrected chi connectivity index (χ3v) is 6.24. The molecule has 0 radical (unpaired) electrons. The highest BCUT2D eigenvalue weighted by molar-refractivity contribution is 5.82. The van der Waals surface area contributed by atoms with Gasteiger partial charge in [-0.05, 0) is 73.2 Å². The van der Waals surface area contributed by atoms with Gasteiger partial charge in [0.05, 0.1) is 12.2 Å². The zero-order valence-corrected chi connectivity index (χ0v) is 19.2. The van der Waals surface area contributed by atoms with E-state index in [2.05, 4.69) is 15.2 Å². The van der Waals surface area contributed by atoms with E-state index >= 15 is 0 Å². The largest absolute Gasteiger partial charge is 0.368 e. The van der Waals surface area contributed by atoms with Crippen LogP contribution in [0.2, 0.25) is 0 Å². The van der Waals surface area contributed by atoms with Gasteiger partial charge in [-0.15, -0.1) is 0 Å². The molecule has 178 valence electrons. The number of rotatable bonds is 10. The lowest BCUT2D eigenvalue weighted by Crippen LogP contribution is -2.36. The van der Waals surface area contributed by atoms with E-state index in [-0.39, 0.29) is 5.82 Å². The Bertz CT molecular complexity index is 1070. The number of nitrogens with zero attached hydrogens (tertiary/aromatic N) is 4. The average Bonchev–Trinajstić information content (AvgIpc) is 2.88. The van der Waals surface area contributed by atoms with Crippen LogP contribution in [0.4, 0.5) is 21.7 Å². The number of carbonyl (C=O) groups is 1. The van der Waals surface area contributed by atoms with Crippen molar-refractivity contribution in [1.29, 1.82) is 0 Å². The summed E-state index contributed by atoms with van der Waals surface area (Å²) in [5, 5.41) is 3.38. The fraction of sp³-hybridized carbons (Fsp3) is 0.346. The quantitative estimate of drug-likeness (QED) is 0.448. The van der Waals surface area contributed by atoms with Crippen LogP contribution in [0, 0.1) is 11.7 Å². The van der Waals surface area contributed by atoms with Crippen LogP contribution in [0.3, 0.4) is 0 Å². The van der Waals surface area contributed by atoms with Gasteiger partial charge in [0.2, 0.25) is 6.41 Å². The second-order valence-corrected chi connectivity index (χ2v) is 8.60. The van der Waals surface area contributed by atoms with Crippen LogP contribution in [-0.4, -0.2) is 42.6 Å². The van der Waals surface area contributed by atoms with Gasteiger partial charge in [-0.3, -0.25) is 9.78 Å². The van der Waals surface area contributed by atoms with Crippen molar-refractivity contribution in [3.8, 4) is 0 Å². The first kappa shape index (κ1) is 23.6. The summed E-state index contributed by atoms with van der Waals surface area (Å²) < 4.78 is 13.6. The SMILES string of the molecule is NCC1CCN(c2ccc(N(C=O)Cc3cccnc3)c(NCCc3cccc(F)c3)n2)CC1. The van der Waals surface area contributed by atoms with Crippen LogP contribution in [-0.2, 0) is 17.8 Å². The zero-order valence-electron chi connectivity index (χ0n) is 19.2. The van der Waals surface area contributed by atoms with Crippen molar-refractivity contribution >= 4 is 23.7 Å². The monoisotopic (exact) mass is 462 g/mol. The van der Waals surface area contributed by atoms with Gasteiger partial charge in [0, 0.05) is 32.0 Å². The molecule has 0 unspecified atom stereocenters. The molecule has 1 aliphatic rings. The van der Waals surface area contributed by atoms with Crippen molar-refractivity contribution in [1.82, 2.24) is 9.97 Å². The fourth-order valence-electron chi connectivity index (χ4n) is 4.26. The molecule has 0 aliphatic carbocycles. The Kier molecular flexibility index (Phi) is 8.04. The first-order chi connectivity index (χ1) is 16.7. The molecule has 1 fully saturated rings. The second kappa shape index (κ2) is 11.6. The predicted octanol–water partition coefficient (Wildman–Crippen LogP) is 3.61. The van der Waals surface area contributed by atoms with Gasteiger partial charge in [0.15, 0.2) is 5.82 Å². The van der Waals surface area contributed by atoms with Crippen molar-refractivity contribution < 1.29 is 9.18 Å². The zero-order chi connectivity index (χ0) is 23.8. The third-order valence-electron chi connectivity index (χ3n) is 6.24. The maximum Gasteiger partial charge on any atom is 0.214 e. The number of amides is 1. The Hall–Kier alpha value is -3.52. The average molecular weight is 463 g/mol. The molecule has 2 aromatic heterocycles. The number of nitrogens with one attached hydrogen (secondary N) is 1. The Labute approximate surface area is 199 Å². The van der Waals surface area contributed by atoms with Crippen molar-refractivity contribution in [2.24, 2.45) is 11.7 Å². The highest BCUT2D eigenvalue weighted by Gasteiger charge is 2.21. The maximum absolute atomic E-state index is 13.6. The molecule has 4 rings (SSSR count). The van der Waals surface area contributed by atoms with Gasteiger partial charge in [-0.1, -0.05) is 18.2 Å². The highest BCUT2D eigenvalue weighted by Crippen LogP contribution is 2.30. The minimum Gasteiger partial charge on any atom is -0.368 e. The van der Waals surface area contributed by atoms with E-state index in [1.165, 1.54) is 12.1 Å². The lowest BCUT2D eigenvalue weighted by molar-refractivity contribution is -0.107. The number of aromatic nitrogens is 2. The van der Waals surface area contributed by atoms with Gasteiger partial charge in [-0.25, -0.2) is 9.37 Å². The number of hydrogen-bond acceptors (Lipinski definition) is 6. The van der Waals surface area contributed by atoms with Crippen molar-refractivity contribution in [3.63, 3.8) is 0 Å².